The van der Waals surface area contributed by atoms with E-state index in [1.165, 1.54) is 19.6 Å². The highest BCUT2D eigenvalue weighted by molar-refractivity contribution is 4.77. The van der Waals surface area contributed by atoms with Gasteiger partial charge in [0.25, 0.3) is 0 Å². The summed E-state index contributed by atoms with van der Waals surface area (Å²) in [6, 6.07) is 0.515. The largest absolute Gasteiger partial charge is 0.393 e. The van der Waals surface area contributed by atoms with Crippen LogP contribution in [0.1, 0.15) is 34.1 Å². The maximum Gasteiger partial charge on any atom is 0.0526 e. The lowest BCUT2D eigenvalue weighted by Gasteiger charge is -2.39. The van der Waals surface area contributed by atoms with Crippen molar-refractivity contribution < 1.29 is 5.11 Å². The quantitative estimate of drug-likeness (QED) is 0.771. The van der Waals surface area contributed by atoms with E-state index in [2.05, 4.69) is 30.6 Å². The predicted octanol–water partition coefficient (Wildman–Crippen LogP) is 1.42. The maximum absolute atomic E-state index is 9.39. The summed E-state index contributed by atoms with van der Waals surface area (Å²) in [7, 11) is 0. The molecule has 2 unspecified atom stereocenters. The zero-order chi connectivity index (χ0) is 12.1. The van der Waals surface area contributed by atoms with Crippen molar-refractivity contribution in [1.82, 2.24) is 9.80 Å². The molecule has 0 amide bonds. The number of hydrogen-bond donors (Lipinski definition) is 1. The Balaban J connectivity index is 2.25. The Hall–Kier alpha value is -0.120. The lowest BCUT2D eigenvalue weighted by Crippen LogP contribution is -2.50. The van der Waals surface area contributed by atoms with Crippen molar-refractivity contribution in [3.05, 3.63) is 0 Å². The Morgan fingerprint density at radius 3 is 2.00 bits per heavy atom. The van der Waals surface area contributed by atoms with Crippen molar-refractivity contribution in [1.29, 1.82) is 0 Å². The molecule has 1 rings (SSSR count). The van der Waals surface area contributed by atoms with Crippen LogP contribution in [0, 0.1) is 5.92 Å². The first-order chi connectivity index (χ1) is 7.49. The lowest BCUT2D eigenvalue weighted by atomic mass is 10.1. The summed E-state index contributed by atoms with van der Waals surface area (Å²) in [4.78, 5) is 5.06. The van der Waals surface area contributed by atoms with Gasteiger partial charge in [0.2, 0.25) is 0 Å². The van der Waals surface area contributed by atoms with E-state index in [9.17, 15) is 5.11 Å². The van der Waals surface area contributed by atoms with Crippen LogP contribution in [0.2, 0.25) is 0 Å². The first kappa shape index (κ1) is 13.9. The molecule has 1 heterocycles. The average molecular weight is 228 g/mol. The normalized spacial score (nSPS) is 23.6. The Labute approximate surface area is 100 Å². The fourth-order valence-corrected chi connectivity index (χ4v) is 2.55. The average Bonchev–Trinajstić information content (AvgIpc) is 2.16. The molecule has 1 N–H and O–H groups in total. The van der Waals surface area contributed by atoms with Crippen LogP contribution < -0.4 is 0 Å². The predicted molar refractivity (Wildman–Crippen MR) is 68.6 cm³/mol. The molecule has 1 saturated heterocycles. The fraction of sp³-hybridized carbons (Fsp3) is 1.00. The molecule has 16 heavy (non-hydrogen) atoms. The van der Waals surface area contributed by atoms with E-state index in [-0.39, 0.29) is 6.10 Å². The van der Waals surface area contributed by atoms with Gasteiger partial charge in [0.15, 0.2) is 0 Å². The second kappa shape index (κ2) is 6.58. The van der Waals surface area contributed by atoms with Crippen LogP contribution in [-0.2, 0) is 0 Å². The van der Waals surface area contributed by atoms with E-state index < -0.39 is 0 Å². The first-order valence-electron chi connectivity index (χ1n) is 6.63. The van der Waals surface area contributed by atoms with Gasteiger partial charge in [-0.05, 0) is 26.2 Å². The Bertz CT molecular complexity index is 186. The third kappa shape index (κ3) is 4.81. The minimum Gasteiger partial charge on any atom is -0.393 e. The molecule has 1 fully saturated rings. The van der Waals surface area contributed by atoms with Gasteiger partial charge in [-0.15, -0.1) is 0 Å². The van der Waals surface area contributed by atoms with Gasteiger partial charge in [0, 0.05) is 38.8 Å². The van der Waals surface area contributed by atoms with E-state index in [1.54, 1.807) is 0 Å². The molecule has 1 aliphatic rings. The Morgan fingerprint density at radius 2 is 1.56 bits per heavy atom. The molecule has 96 valence electrons. The van der Waals surface area contributed by atoms with Gasteiger partial charge in [0.1, 0.15) is 0 Å². The molecule has 0 spiro atoms. The molecule has 0 aromatic carbocycles. The first-order valence-corrected chi connectivity index (χ1v) is 6.63. The van der Waals surface area contributed by atoms with Crippen molar-refractivity contribution in [2.24, 2.45) is 5.92 Å². The van der Waals surface area contributed by atoms with Crippen LogP contribution in [-0.4, -0.2) is 59.8 Å². The van der Waals surface area contributed by atoms with Gasteiger partial charge < -0.3 is 10.0 Å². The zero-order valence-corrected chi connectivity index (χ0v) is 11.3. The van der Waals surface area contributed by atoms with E-state index in [1.807, 2.05) is 6.92 Å². The summed E-state index contributed by atoms with van der Waals surface area (Å²) in [5.74, 6) is 0.765. The minimum atomic E-state index is -0.177. The van der Waals surface area contributed by atoms with E-state index in [0.29, 0.717) is 6.04 Å². The highest BCUT2D eigenvalue weighted by Crippen LogP contribution is 2.11. The molecule has 0 aromatic heterocycles. The van der Waals surface area contributed by atoms with Crippen LogP contribution in [0.15, 0.2) is 0 Å². The molecule has 0 radical (unpaired) electrons. The summed E-state index contributed by atoms with van der Waals surface area (Å²) < 4.78 is 0. The number of rotatable bonds is 5. The SMILES string of the molecule is CC(C)CN1CCN(C(C)CC(C)O)CC1. The van der Waals surface area contributed by atoms with Crippen molar-refractivity contribution in [3.8, 4) is 0 Å². The smallest absolute Gasteiger partial charge is 0.0526 e. The van der Waals surface area contributed by atoms with E-state index >= 15 is 0 Å². The van der Waals surface area contributed by atoms with E-state index in [4.69, 9.17) is 0 Å². The summed E-state index contributed by atoms with van der Waals surface area (Å²) in [5.41, 5.74) is 0. The zero-order valence-electron chi connectivity index (χ0n) is 11.3. The van der Waals surface area contributed by atoms with Crippen LogP contribution >= 0.6 is 0 Å². The number of nitrogens with zero attached hydrogens (tertiary/aromatic N) is 2. The molecular formula is C13H28N2O. The van der Waals surface area contributed by atoms with Crippen LogP contribution in [0.25, 0.3) is 0 Å². The van der Waals surface area contributed by atoms with E-state index in [0.717, 1.165) is 25.4 Å². The number of piperazine rings is 1. The Kier molecular flexibility index (Phi) is 5.73. The highest BCUT2D eigenvalue weighted by Gasteiger charge is 2.21. The third-order valence-corrected chi connectivity index (χ3v) is 3.34. The molecule has 0 aromatic rings. The molecule has 3 nitrogen and oxygen atoms in total. The lowest BCUT2D eigenvalue weighted by molar-refractivity contribution is 0.0686. The van der Waals surface area contributed by atoms with Crippen LogP contribution in [0.5, 0.6) is 0 Å². The molecule has 0 saturated carbocycles. The molecule has 1 aliphatic heterocycles. The van der Waals surface area contributed by atoms with Crippen molar-refractivity contribution in [2.75, 3.05) is 32.7 Å². The van der Waals surface area contributed by atoms with Gasteiger partial charge in [0.05, 0.1) is 6.10 Å². The second-order valence-corrected chi connectivity index (χ2v) is 5.66. The van der Waals surface area contributed by atoms with Gasteiger partial charge in [-0.25, -0.2) is 0 Å². The van der Waals surface area contributed by atoms with Gasteiger partial charge in [-0.1, -0.05) is 13.8 Å². The number of aliphatic hydroxyl groups excluding tert-OH is 1. The molecular weight excluding hydrogens is 200 g/mol. The Morgan fingerprint density at radius 1 is 1.00 bits per heavy atom. The van der Waals surface area contributed by atoms with Crippen molar-refractivity contribution in [2.45, 2.75) is 46.3 Å². The maximum atomic E-state index is 9.39. The third-order valence-electron chi connectivity index (χ3n) is 3.34. The monoisotopic (exact) mass is 228 g/mol. The van der Waals surface area contributed by atoms with Gasteiger partial charge in [-0.2, -0.15) is 0 Å². The number of aliphatic hydroxyl groups is 1. The second-order valence-electron chi connectivity index (χ2n) is 5.66. The van der Waals surface area contributed by atoms with Gasteiger partial charge in [-0.3, -0.25) is 4.90 Å². The molecule has 3 heteroatoms. The molecule has 0 aliphatic carbocycles. The van der Waals surface area contributed by atoms with Crippen LogP contribution in [0.4, 0.5) is 0 Å². The fourth-order valence-electron chi connectivity index (χ4n) is 2.55. The van der Waals surface area contributed by atoms with Crippen molar-refractivity contribution in [3.63, 3.8) is 0 Å². The summed E-state index contributed by atoms with van der Waals surface area (Å²) in [5, 5.41) is 9.39. The summed E-state index contributed by atoms with van der Waals surface area (Å²) in [6.07, 6.45) is 0.716. The molecule has 2 atom stereocenters. The van der Waals surface area contributed by atoms with Crippen LogP contribution in [0.3, 0.4) is 0 Å². The summed E-state index contributed by atoms with van der Waals surface area (Å²) in [6.45, 7) is 14.6. The minimum absolute atomic E-state index is 0.177. The topological polar surface area (TPSA) is 26.7 Å². The summed E-state index contributed by atoms with van der Waals surface area (Å²) >= 11 is 0. The molecule has 0 bridgehead atoms. The van der Waals surface area contributed by atoms with Gasteiger partial charge >= 0.3 is 0 Å². The van der Waals surface area contributed by atoms with Crippen molar-refractivity contribution >= 4 is 0 Å². The standard InChI is InChI=1S/C13H28N2O/c1-11(2)10-14-5-7-15(8-6-14)12(3)9-13(4)16/h11-13,16H,5-10H2,1-4H3. The number of hydrogen-bond acceptors (Lipinski definition) is 3. The highest BCUT2D eigenvalue weighted by atomic mass is 16.3.